The SMILES string of the molecule is COCCn1c(=O)n(CCOCN2C(=O)N(COC)C3C2N(COC)C(=O)N3COC)c(=O)n(CCOC(=O)C2CCCCC2C(C)=O)c1=O. The Bertz CT molecular complexity index is 1550. The fourth-order valence-electron chi connectivity index (χ4n) is 6.71. The molecule has 2 saturated heterocycles. The molecule has 1 aromatic heterocycles. The molecule has 1 aromatic rings. The molecule has 3 aliphatic rings. The number of methoxy groups -OCH3 is 4. The zero-order valence-corrected chi connectivity index (χ0v) is 29.1. The molecule has 0 radical (unpaired) electrons. The molecule has 0 spiro atoms. The standard InChI is InChI=1S/C30H47N7O13/c1-20(38)21-8-6-7-9-22(21)25(39)50-15-12-33-27(41)31(10-13-45-2)26(40)32(28(33)42)11-14-49-19-37-24-23(35(17-47-4)30(37)44)34(16-46-3)29(43)36(24)18-48-5/h21-24H,6-19H2,1-5H3. The van der Waals surface area contributed by atoms with E-state index in [-0.39, 0.29) is 72.2 Å². The molecule has 0 aromatic carbocycles. The van der Waals surface area contributed by atoms with Crippen LogP contribution in [0.3, 0.4) is 0 Å². The summed E-state index contributed by atoms with van der Waals surface area (Å²) in [5, 5.41) is 0. The van der Waals surface area contributed by atoms with Crippen molar-refractivity contribution in [1.29, 1.82) is 0 Å². The molecule has 3 heterocycles. The van der Waals surface area contributed by atoms with Crippen molar-refractivity contribution in [2.24, 2.45) is 11.8 Å². The van der Waals surface area contributed by atoms with Crippen molar-refractivity contribution in [2.75, 3.05) is 75.2 Å². The summed E-state index contributed by atoms with van der Waals surface area (Å²) in [4.78, 5) is 96.9. The molecule has 3 fully saturated rings. The molecule has 0 bridgehead atoms. The van der Waals surface area contributed by atoms with Crippen molar-refractivity contribution in [3.8, 4) is 0 Å². The van der Waals surface area contributed by atoms with Crippen molar-refractivity contribution >= 4 is 23.8 Å². The number of hydrogen-bond donors (Lipinski definition) is 0. The van der Waals surface area contributed by atoms with Crippen LogP contribution in [0.5, 0.6) is 0 Å². The summed E-state index contributed by atoms with van der Waals surface area (Å²) in [6, 6.07) is -0.933. The summed E-state index contributed by atoms with van der Waals surface area (Å²) >= 11 is 0. The van der Waals surface area contributed by atoms with E-state index < -0.39 is 59.3 Å². The number of amides is 4. The van der Waals surface area contributed by atoms with Crippen LogP contribution >= 0.6 is 0 Å². The molecule has 4 rings (SSSR count). The van der Waals surface area contributed by atoms with Crippen LogP contribution in [0.25, 0.3) is 0 Å². The molecule has 4 atom stereocenters. The number of ether oxygens (including phenoxy) is 6. The highest BCUT2D eigenvalue weighted by Gasteiger charge is 2.59. The van der Waals surface area contributed by atoms with Crippen LogP contribution < -0.4 is 17.1 Å². The van der Waals surface area contributed by atoms with Crippen LogP contribution in [0.2, 0.25) is 0 Å². The van der Waals surface area contributed by atoms with Crippen molar-refractivity contribution in [3.63, 3.8) is 0 Å². The average Bonchev–Trinajstić information content (AvgIpc) is 3.51. The van der Waals surface area contributed by atoms with E-state index in [1.807, 2.05) is 0 Å². The van der Waals surface area contributed by atoms with Gasteiger partial charge < -0.3 is 28.4 Å². The van der Waals surface area contributed by atoms with Gasteiger partial charge in [0.05, 0.1) is 38.8 Å². The molecule has 20 nitrogen and oxygen atoms in total. The van der Waals surface area contributed by atoms with Crippen molar-refractivity contribution in [3.05, 3.63) is 31.5 Å². The maximum Gasteiger partial charge on any atom is 0.336 e. The predicted molar refractivity (Wildman–Crippen MR) is 170 cm³/mol. The number of ketones is 1. The van der Waals surface area contributed by atoms with Gasteiger partial charge in [0, 0.05) is 34.4 Å². The Morgan fingerprint density at radius 2 is 1.00 bits per heavy atom. The van der Waals surface area contributed by atoms with Gasteiger partial charge in [-0.15, -0.1) is 0 Å². The summed E-state index contributed by atoms with van der Waals surface area (Å²) in [7, 11) is 5.63. The molecule has 50 heavy (non-hydrogen) atoms. The Balaban J connectivity index is 1.49. The molecule has 4 unspecified atom stereocenters. The van der Waals surface area contributed by atoms with Gasteiger partial charge in [0.25, 0.3) is 0 Å². The van der Waals surface area contributed by atoms with E-state index >= 15 is 0 Å². The summed E-state index contributed by atoms with van der Waals surface area (Å²) < 4.78 is 34.3. The second-order valence-electron chi connectivity index (χ2n) is 12.1. The Morgan fingerprint density at radius 3 is 1.44 bits per heavy atom. The topological polar surface area (TPSA) is 203 Å². The number of rotatable bonds is 19. The molecule has 2 aliphatic heterocycles. The third-order valence-corrected chi connectivity index (χ3v) is 9.08. The fraction of sp³-hybridized carbons (Fsp3) is 0.767. The first-order valence-corrected chi connectivity index (χ1v) is 16.3. The molecule has 4 amide bonds. The Labute approximate surface area is 287 Å². The molecule has 1 saturated carbocycles. The van der Waals surface area contributed by atoms with Gasteiger partial charge in [-0.05, 0) is 19.8 Å². The molecular weight excluding hydrogens is 666 g/mol. The molecule has 280 valence electrons. The zero-order valence-electron chi connectivity index (χ0n) is 29.1. The van der Waals surface area contributed by atoms with E-state index in [1.54, 1.807) is 0 Å². The number of aromatic nitrogens is 3. The number of hydrogen-bond acceptors (Lipinski definition) is 13. The lowest BCUT2D eigenvalue weighted by atomic mass is 9.77. The van der Waals surface area contributed by atoms with Crippen molar-refractivity contribution in [1.82, 2.24) is 33.3 Å². The predicted octanol–water partition coefficient (Wildman–Crippen LogP) is -1.33. The van der Waals surface area contributed by atoms with E-state index in [0.717, 1.165) is 26.5 Å². The zero-order chi connectivity index (χ0) is 36.5. The summed E-state index contributed by atoms with van der Waals surface area (Å²) in [6.07, 6.45) is 1.12. The van der Waals surface area contributed by atoms with Gasteiger partial charge >= 0.3 is 35.1 Å². The van der Waals surface area contributed by atoms with E-state index in [2.05, 4.69) is 0 Å². The smallest absolute Gasteiger partial charge is 0.336 e. The molecular formula is C30H47N7O13. The first kappa shape index (κ1) is 38.7. The van der Waals surface area contributed by atoms with Crippen LogP contribution in [-0.4, -0.2) is 145 Å². The molecule has 1 aliphatic carbocycles. The lowest BCUT2D eigenvalue weighted by molar-refractivity contribution is -0.154. The van der Waals surface area contributed by atoms with Crippen LogP contribution in [0.4, 0.5) is 9.59 Å². The minimum Gasteiger partial charge on any atom is -0.464 e. The van der Waals surface area contributed by atoms with E-state index in [0.29, 0.717) is 12.8 Å². The Hall–Kier alpha value is -4.11. The second-order valence-corrected chi connectivity index (χ2v) is 12.1. The maximum atomic E-state index is 13.5. The Kier molecular flexibility index (Phi) is 13.7. The molecule has 0 N–H and O–H groups in total. The summed E-state index contributed by atoms with van der Waals surface area (Å²) in [5.74, 6) is -1.68. The van der Waals surface area contributed by atoms with Gasteiger partial charge in [0.1, 0.15) is 39.3 Å². The van der Waals surface area contributed by atoms with Gasteiger partial charge in [-0.2, -0.15) is 0 Å². The van der Waals surface area contributed by atoms with E-state index in [9.17, 15) is 33.6 Å². The first-order chi connectivity index (χ1) is 24.0. The minimum atomic E-state index is -0.945. The minimum absolute atomic E-state index is 0.00133. The largest absolute Gasteiger partial charge is 0.464 e. The van der Waals surface area contributed by atoms with Gasteiger partial charge in [-0.1, -0.05) is 12.8 Å². The van der Waals surface area contributed by atoms with Gasteiger partial charge in [0.15, 0.2) is 12.3 Å². The highest BCUT2D eigenvalue weighted by atomic mass is 16.5. The van der Waals surface area contributed by atoms with E-state index in [1.165, 1.54) is 55.0 Å². The van der Waals surface area contributed by atoms with E-state index in [4.69, 9.17) is 28.4 Å². The number of nitrogens with zero attached hydrogens (tertiary/aromatic N) is 7. The summed E-state index contributed by atoms with van der Waals surface area (Å²) in [6.45, 7) is -0.614. The second kappa shape index (κ2) is 17.7. The van der Waals surface area contributed by atoms with Gasteiger partial charge in [0.2, 0.25) is 0 Å². The monoisotopic (exact) mass is 713 g/mol. The van der Waals surface area contributed by atoms with Gasteiger partial charge in [-0.25, -0.2) is 37.7 Å². The third kappa shape index (κ3) is 7.93. The number of esters is 1. The van der Waals surface area contributed by atoms with Crippen molar-refractivity contribution < 1.29 is 47.6 Å². The number of fused-ring (bicyclic) bond motifs is 1. The number of carbonyl (C=O) groups is 4. The lowest BCUT2D eigenvalue weighted by Gasteiger charge is -2.28. The number of carbonyl (C=O) groups excluding carboxylic acids is 4. The Morgan fingerprint density at radius 1 is 0.580 bits per heavy atom. The van der Waals surface area contributed by atoms with Crippen LogP contribution in [0, 0.1) is 11.8 Å². The van der Waals surface area contributed by atoms with Gasteiger partial charge in [-0.3, -0.25) is 29.2 Å². The normalized spacial score (nSPS) is 22.1. The highest BCUT2D eigenvalue weighted by molar-refractivity contribution is 5.86. The quantitative estimate of drug-likeness (QED) is 0.121. The first-order valence-electron chi connectivity index (χ1n) is 16.3. The fourth-order valence-corrected chi connectivity index (χ4v) is 6.71. The van der Waals surface area contributed by atoms with Crippen LogP contribution in [-0.2, 0) is 57.6 Å². The van der Waals surface area contributed by atoms with Crippen LogP contribution in [0.15, 0.2) is 14.4 Å². The third-order valence-electron chi connectivity index (χ3n) is 9.08. The lowest BCUT2D eigenvalue weighted by Crippen LogP contribution is -2.55. The number of urea groups is 2. The van der Waals surface area contributed by atoms with Crippen molar-refractivity contribution in [2.45, 2.75) is 64.6 Å². The van der Waals surface area contributed by atoms with Crippen LogP contribution in [0.1, 0.15) is 32.6 Å². The number of Topliss-reactive ketones (excluding diaryl/α,β-unsaturated/α-hetero) is 1. The summed E-state index contributed by atoms with van der Waals surface area (Å²) in [5.41, 5.74) is -2.74. The molecule has 20 heteroatoms. The maximum absolute atomic E-state index is 13.5. The highest BCUT2D eigenvalue weighted by Crippen LogP contribution is 2.35. The average molecular weight is 714 g/mol.